The van der Waals surface area contributed by atoms with Crippen LogP contribution in [0.5, 0.6) is 0 Å². The summed E-state index contributed by atoms with van der Waals surface area (Å²) < 4.78 is 27.1. The van der Waals surface area contributed by atoms with Gasteiger partial charge in [0.1, 0.15) is 17.3 Å². The van der Waals surface area contributed by atoms with Gasteiger partial charge in [-0.3, -0.25) is 10.1 Å². The van der Waals surface area contributed by atoms with Crippen molar-refractivity contribution < 1.29 is 13.7 Å². The van der Waals surface area contributed by atoms with Crippen molar-refractivity contribution in [1.82, 2.24) is 0 Å². The highest BCUT2D eigenvalue weighted by Crippen LogP contribution is 2.28. The van der Waals surface area contributed by atoms with Gasteiger partial charge in [-0.05, 0) is 18.2 Å². The Bertz CT molecular complexity index is 642. The van der Waals surface area contributed by atoms with Crippen molar-refractivity contribution in [2.24, 2.45) is 0 Å². The van der Waals surface area contributed by atoms with Gasteiger partial charge in [-0.2, -0.15) is 0 Å². The normalized spacial score (nSPS) is 10.2. The Morgan fingerprint density at radius 3 is 2.25 bits per heavy atom. The van der Waals surface area contributed by atoms with Crippen LogP contribution in [0.3, 0.4) is 0 Å². The molecule has 2 aromatic carbocycles. The van der Waals surface area contributed by atoms with Crippen LogP contribution < -0.4 is 10.6 Å². The van der Waals surface area contributed by atoms with E-state index >= 15 is 0 Å². The first-order chi connectivity index (χ1) is 9.51. The third-order valence-electron chi connectivity index (χ3n) is 2.65. The summed E-state index contributed by atoms with van der Waals surface area (Å²) in [5.41, 5.74) is 0.136. The SMILES string of the molecule is CNc1cc(Nc2c(F)cccc2F)cc([N+](=O)[O-])c1. The summed E-state index contributed by atoms with van der Waals surface area (Å²) in [5, 5.41) is 16.1. The zero-order valence-electron chi connectivity index (χ0n) is 10.5. The van der Waals surface area contributed by atoms with Crippen molar-refractivity contribution in [3.05, 3.63) is 58.1 Å². The van der Waals surface area contributed by atoms with E-state index < -0.39 is 16.6 Å². The summed E-state index contributed by atoms with van der Waals surface area (Å²) in [6, 6.07) is 7.47. The molecule has 0 amide bonds. The van der Waals surface area contributed by atoms with E-state index in [-0.39, 0.29) is 17.1 Å². The van der Waals surface area contributed by atoms with E-state index in [1.54, 1.807) is 7.05 Å². The maximum absolute atomic E-state index is 13.5. The number of nitro benzene ring substituents is 1. The Morgan fingerprint density at radius 1 is 1.10 bits per heavy atom. The van der Waals surface area contributed by atoms with E-state index in [4.69, 9.17) is 0 Å². The van der Waals surface area contributed by atoms with E-state index in [1.165, 1.54) is 24.3 Å². The van der Waals surface area contributed by atoms with Gasteiger partial charge in [-0.25, -0.2) is 8.78 Å². The third-order valence-corrected chi connectivity index (χ3v) is 2.65. The number of nitrogens with zero attached hydrogens (tertiary/aromatic N) is 1. The number of nitrogens with one attached hydrogen (secondary N) is 2. The van der Waals surface area contributed by atoms with Crippen molar-refractivity contribution in [3.63, 3.8) is 0 Å². The van der Waals surface area contributed by atoms with Gasteiger partial charge < -0.3 is 10.6 Å². The molecule has 0 aliphatic carbocycles. The fourth-order valence-electron chi connectivity index (χ4n) is 1.69. The lowest BCUT2D eigenvalue weighted by atomic mass is 10.2. The molecule has 0 aliphatic heterocycles. The minimum Gasteiger partial charge on any atom is -0.388 e. The number of para-hydroxylation sites is 1. The molecule has 0 radical (unpaired) electrons. The van der Waals surface area contributed by atoms with E-state index in [0.29, 0.717) is 5.69 Å². The number of hydrogen-bond acceptors (Lipinski definition) is 4. The summed E-state index contributed by atoms with van der Waals surface area (Å²) in [6.45, 7) is 0. The molecule has 20 heavy (non-hydrogen) atoms. The standard InChI is InChI=1S/C13H11F2N3O2/c1-16-8-5-9(7-10(6-8)18(19)20)17-13-11(14)3-2-4-12(13)15/h2-7,16-17H,1H3. The topological polar surface area (TPSA) is 67.2 Å². The van der Waals surface area contributed by atoms with Crippen LogP contribution in [0, 0.1) is 21.7 Å². The summed E-state index contributed by atoms with van der Waals surface area (Å²) in [7, 11) is 1.59. The van der Waals surface area contributed by atoms with E-state index in [0.717, 1.165) is 12.1 Å². The molecule has 2 rings (SSSR count). The second-order valence-corrected chi connectivity index (χ2v) is 4.00. The number of hydrogen-bond donors (Lipinski definition) is 2. The lowest BCUT2D eigenvalue weighted by Crippen LogP contribution is -2.00. The van der Waals surface area contributed by atoms with Crippen molar-refractivity contribution in [2.45, 2.75) is 0 Å². The van der Waals surface area contributed by atoms with Crippen LogP contribution in [0.2, 0.25) is 0 Å². The number of benzene rings is 2. The number of rotatable bonds is 4. The Hall–Kier alpha value is -2.70. The molecule has 0 atom stereocenters. The molecule has 0 aliphatic rings. The number of nitro groups is 1. The fraction of sp³-hybridized carbons (Fsp3) is 0.0769. The van der Waals surface area contributed by atoms with Gasteiger partial charge in [0.2, 0.25) is 0 Å². The molecule has 0 bridgehead atoms. The van der Waals surface area contributed by atoms with E-state index in [1.807, 2.05) is 0 Å². The average molecular weight is 279 g/mol. The molecule has 104 valence electrons. The summed E-state index contributed by atoms with van der Waals surface area (Å²) >= 11 is 0. The minimum absolute atomic E-state index is 0.184. The highest BCUT2D eigenvalue weighted by molar-refractivity contribution is 5.69. The first-order valence-corrected chi connectivity index (χ1v) is 5.69. The molecule has 7 heteroatoms. The van der Waals surface area contributed by atoms with Crippen molar-refractivity contribution in [2.75, 3.05) is 17.7 Å². The van der Waals surface area contributed by atoms with Crippen LogP contribution in [0.4, 0.5) is 31.5 Å². The molecular weight excluding hydrogens is 268 g/mol. The number of anilines is 3. The van der Waals surface area contributed by atoms with Crippen LogP contribution in [0.25, 0.3) is 0 Å². The molecule has 0 saturated heterocycles. The van der Waals surface area contributed by atoms with Crippen molar-refractivity contribution in [3.8, 4) is 0 Å². The highest BCUT2D eigenvalue weighted by Gasteiger charge is 2.13. The van der Waals surface area contributed by atoms with Gasteiger partial charge in [0.25, 0.3) is 5.69 Å². The zero-order valence-corrected chi connectivity index (χ0v) is 10.5. The van der Waals surface area contributed by atoms with Gasteiger partial charge in [0.05, 0.1) is 4.92 Å². The molecule has 0 fully saturated rings. The van der Waals surface area contributed by atoms with Crippen LogP contribution in [-0.4, -0.2) is 12.0 Å². The second-order valence-electron chi connectivity index (χ2n) is 4.00. The Balaban J connectivity index is 2.43. The van der Waals surface area contributed by atoms with Crippen LogP contribution in [0.1, 0.15) is 0 Å². The van der Waals surface area contributed by atoms with Crippen molar-refractivity contribution >= 4 is 22.7 Å². The van der Waals surface area contributed by atoms with Crippen LogP contribution in [0.15, 0.2) is 36.4 Å². The molecule has 0 unspecified atom stereocenters. The van der Waals surface area contributed by atoms with Gasteiger partial charge in [0.15, 0.2) is 0 Å². The second kappa shape index (κ2) is 5.52. The summed E-state index contributed by atoms with van der Waals surface area (Å²) in [6.07, 6.45) is 0. The van der Waals surface area contributed by atoms with Crippen molar-refractivity contribution in [1.29, 1.82) is 0 Å². The summed E-state index contributed by atoms with van der Waals surface area (Å²) in [5.74, 6) is -1.55. The molecule has 0 heterocycles. The minimum atomic E-state index is -0.775. The zero-order chi connectivity index (χ0) is 14.7. The van der Waals surface area contributed by atoms with Gasteiger partial charge in [-0.1, -0.05) is 6.07 Å². The maximum atomic E-state index is 13.5. The Morgan fingerprint density at radius 2 is 1.70 bits per heavy atom. The molecular formula is C13H11F2N3O2. The monoisotopic (exact) mass is 279 g/mol. The van der Waals surface area contributed by atoms with Crippen LogP contribution >= 0.6 is 0 Å². The molecule has 2 N–H and O–H groups in total. The maximum Gasteiger partial charge on any atom is 0.273 e. The first-order valence-electron chi connectivity index (χ1n) is 5.69. The van der Waals surface area contributed by atoms with Gasteiger partial charge >= 0.3 is 0 Å². The van der Waals surface area contributed by atoms with E-state index in [2.05, 4.69) is 10.6 Å². The lowest BCUT2D eigenvalue weighted by Gasteiger charge is -2.10. The first kappa shape index (κ1) is 13.7. The molecule has 0 aromatic heterocycles. The highest BCUT2D eigenvalue weighted by atomic mass is 19.1. The molecule has 0 saturated carbocycles. The van der Waals surface area contributed by atoms with E-state index in [9.17, 15) is 18.9 Å². The smallest absolute Gasteiger partial charge is 0.273 e. The molecule has 0 spiro atoms. The third kappa shape index (κ3) is 2.82. The van der Waals surface area contributed by atoms with Gasteiger partial charge in [-0.15, -0.1) is 0 Å². The predicted molar refractivity (Wildman–Crippen MR) is 72.3 cm³/mol. The quantitative estimate of drug-likeness (QED) is 0.662. The largest absolute Gasteiger partial charge is 0.388 e. The fourth-order valence-corrected chi connectivity index (χ4v) is 1.69. The number of halogens is 2. The van der Waals surface area contributed by atoms with Gasteiger partial charge in [0, 0.05) is 30.6 Å². The Kier molecular flexibility index (Phi) is 3.79. The molecule has 2 aromatic rings. The number of non-ortho nitro benzene ring substituents is 1. The predicted octanol–water partition coefficient (Wildman–Crippen LogP) is 3.66. The summed E-state index contributed by atoms with van der Waals surface area (Å²) in [4.78, 5) is 10.2. The average Bonchev–Trinajstić information content (AvgIpc) is 2.42. The Labute approximate surface area is 113 Å². The lowest BCUT2D eigenvalue weighted by molar-refractivity contribution is -0.384. The molecule has 5 nitrogen and oxygen atoms in total. The van der Waals surface area contributed by atoms with Crippen LogP contribution in [-0.2, 0) is 0 Å².